The first-order valence-corrected chi connectivity index (χ1v) is 11.0. The lowest BCUT2D eigenvalue weighted by Crippen LogP contribution is -2.33. The Morgan fingerprint density at radius 1 is 1.24 bits per heavy atom. The van der Waals surface area contributed by atoms with Gasteiger partial charge in [0.25, 0.3) is 0 Å². The molecule has 0 atom stereocenters. The van der Waals surface area contributed by atoms with E-state index in [1.165, 1.54) is 4.90 Å². The number of halogens is 1. The maximum absolute atomic E-state index is 12.7. The third kappa shape index (κ3) is 6.43. The number of anilines is 2. The molecule has 1 aliphatic rings. The normalized spacial score (nSPS) is 13.5. The molecule has 0 radical (unpaired) electrons. The van der Waals surface area contributed by atoms with E-state index in [-0.39, 0.29) is 42.7 Å². The summed E-state index contributed by atoms with van der Waals surface area (Å²) in [7, 11) is 5.61. The third-order valence-corrected chi connectivity index (χ3v) is 5.22. The number of nitrogen functional groups attached to an aromatic ring is 1. The fourth-order valence-electron chi connectivity index (χ4n) is 3.68. The number of methoxy groups -OCH3 is 1. The molecule has 2 N–H and O–H groups in total. The van der Waals surface area contributed by atoms with E-state index in [1.54, 1.807) is 19.4 Å². The number of hydrogen-bond acceptors (Lipinski definition) is 9. The van der Waals surface area contributed by atoms with Crippen molar-refractivity contribution >= 4 is 29.1 Å². The maximum Gasteiger partial charge on any atom is 0.320 e. The lowest BCUT2D eigenvalue weighted by Gasteiger charge is -2.28. The van der Waals surface area contributed by atoms with Crippen molar-refractivity contribution in [1.82, 2.24) is 19.9 Å². The fraction of sp³-hybridized carbons (Fsp3) is 0.545. The van der Waals surface area contributed by atoms with E-state index in [2.05, 4.69) is 33.7 Å². The van der Waals surface area contributed by atoms with E-state index in [1.807, 2.05) is 14.1 Å². The molecule has 1 amide bonds. The largest absolute Gasteiger partial charge is 0.476 e. The first-order valence-electron chi connectivity index (χ1n) is 10.6. The van der Waals surface area contributed by atoms with Crippen LogP contribution in [0.3, 0.4) is 0 Å². The summed E-state index contributed by atoms with van der Waals surface area (Å²) in [6.45, 7) is 6.46. The van der Waals surface area contributed by atoms with Gasteiger partial charge in [-0.2, -0.15) is 9.97 Å². The van der Waals surface area contributed by atoms with Crippen LogP contribution in [0.5, 0.6) is 11.9 Å². The molecule has 0 spiro atoms. The van der Waals surface area contributed by atoms with Gasteiger partial charge in [-0.1, -0.05) is 25.4 Å². The lowest BCUT2D eigenvalue weighted by molar-refractivity contribution is -0.117. The van der Waals surface area contributed by atoms with E-state index in [4.69, 9.17) is 31.5 Å². The molecule has 3 heterocycles. The minimum atomic E-state index is -0.137. The van der Waals surface area contributed by atoms with Crippen LogP contribution >= 0.6 is 11.6 Å². The van der Waals surface area contributed by atoms with Gasteiger partial charge < -0.3 is 24.8 Å². The molecular weight excluding hydrogens is 448 g/mol. The smallest absolute Gasteiger partial charge is 0.320 e. The molecule has 0 unspecified atom stereocenters. The maximum atomic E-state index is 12.7. The number of nitrogens with zero attached hydrogens (tertiary/aromatic N) is 5. The summed E-state index contributed by atoms with van der Waals surface area (Å²) in [5.74, 6) is 0.882. The second-order valence-corrected chi connectivity index (χ2v) is 9.42. The van der Waals surface area contributed by atoms with Gasteiger partial charge in [0.1, 0.15) is 23.3 Å². The number of nitrogens with two attached hydrogens (primary N) is 1. The number of aromatic nitrogens is 3. The highest BCUT2D eigenvalue weighted by molar-refractivity contribution is 6.31. The molecule has 11 heteroatoms. The van der Waals surface area contributed by atoms with Crippen LogP contribution in [0.4, 0.5) is 11.6 Å². The van der Waals surface area contributed by atoms with Crippen LogP contribution < -0.4 is 20.1 Å². The van der Waals surface area contributed by atoms with Gasteiger partial charge in [-0.25, -0.2) is 4.98 Å². The van der Waals surface area contributed by atoms with E-state index in [0.717, 1.165) is 12.1 Å². The first kappa shape index (κ1) is 24.9. The number of rotatable bonds is 11. The van der Waals surface area contributed by atoms with Crippen molar-refractivity contribution < 1.29 is 19.0 Å². The second-order valence-electron chi connectivity index (χ2n) is 9.01. The molecule has 0 bridgehead atoms. The van der Waals surface area contributed by atoms with Crippen LogP contribution in [0.2, 0.25) is 5.02 Å². The zero-order valence-electron chi connectivity index (χ0n) is 19.7. The molecule has 10 nitrogen and oxygen atoms in total. The van der Waals surface area contributed by atoms with Crippen LogP contribution in [-0.2, 0) is 22.5 Å². The fourth-order valence-corrected chi connectivity index (χ4v) is 3.92. The zero-order valence-corrected chi connectivity index (χ0v) is 20.5. The molecule has 2 aromatic heterocycles. The highest BCUT2D eigenvalue weighted by atomic mass is 35.5. The average molecular weight is 479 g/mol. The molecule has 1 aliphatic heterocycles. The standard InChI is InChI=1S/C22H31ClN6O4/c1-22(2,12-28(3)4)13-33-20-16(23)8-14(10-25-20)11-29-17(30)9-15-18(24)26-21(27-19(15)29)32-7-6-31-5/h8,10H,6-7,9,11-13H2,1-5H3,(H2,24,26,27). The minimum Gasteiger partial charge on any atom is -0.476 e. The van der Waals surface area contributed by atoms with Crippen LogP contribution in [-0.4, -0.2) is 73.3 Å². The van der Waals surface area contributed by atoms with E-state index in [0.29, 0.717) is 35.5 Å². The molecule has 0 aromatic carbocycles. The topological polar surface area (TPSA) is 116 Å². The SMILES string of the molecule is COCCOc1nc(N)c2c(n1)N(Cc1cnc(OCC(C)(C)CN(C)C)c(Cl)c1)C(=O)C2. The number of carbonyl (C=O) groups is 1. The number of hydrogen-bond donors (Lipinski definition) is 1. The summed E-state index contributed by atoms with van der Waals surface area (Å²) >= 11 is 6.43. The first-order chi connectivity index (χ1) is 15.6. The molecule has 0 aliphatic carbocycles. The predicted molar refractivity (Wildman–Crippen MR) is 126 cm³/mol. The molecule has 2 aromatic rings. The Labute approximate surface area is 199 Å². The van der Waals surface area contributed by atoms with Crippen LogP contribution in [0.1, 0.15) is 25.0 Å². The Hall–Kier alpha value is -2.69. The molecular formula is C22H31ClN6O4. The predicted octanol–water partition coefficient (Wildman–Crippen LogP) is 2.19. The summed E-state index contributed by atoms with van der Waals surface area (Å²) in [5.41, 5.74) is 7.30. The summed E-state index contributed by atoms with van der Waals surface area (Å²) in [6, 6.07) is 1.84. The summed E-state index contributed by atoms with van der Waals surface area (Å²) in [4.78, 5) is 29.2. The molecule has 0 fully saturated rings. The van der Waals surface area contributed by atoms with Gasteiger partial charge in [0.15, 0.2) is 0 Å². The molecule has 33 heavy (non-hydrogen) atoms. The molecule has 0 saturated carbocycles. The number of pyridine rings is 1. The lowest BCUT2D eigenvalue weighted by atomic mass is 9.94. The molecule has 180 valence electrons. The van der Waals surface area contributed by atoms with Crippen molar-refractivity contribution in [3.8, 4) is 11.9 Å². The van der Waals surface area contributed by atoms with Gasteiger partial charge in [0.05, 0.1) is 26.2 Å². The van der Waals surface area contributed by atoms with Crippen LogP contribution in [0.15, 0.2) is 12.3 Å². The number of ether oxygens (including phenoxy) is 3. The van der Waals surface area contributed by atoms with Gasteiger partial charge in [-0.3, -0.25) is 9.69 Å². The highest BCUT2D eigenvalue weighted by Crippen LogP contribution is 2.34. The van der Waals surface area contributed by atoms with Crippen LogP contribution in [0.25, 0.3) is 0 Å². The highest BCUT2D eigenvalue weighted by Gasteiger charge is 2.32. The zero-order chi connectivity index (χ0) is 24.2. The van der Waals surface area contributed by atoms with Gasteiger partial charge >= 0.3 is 6.01 Å². The monoisotopic (exact) mass is 478 g/mol. The third-order valence-electron chi connectivity index (χ3n) is 4.95. The summed E-state index contributed by atoms with van der Waals surface area (Å²) in [6.07, 6.45) is 1.77. The molecule has 0 saturated heterocycles. The van der Waals surface area contributed by atoms with Gasteiger partial charge in [0, 0.05) is 30.8 Å². The van der Waals surface area contributed by atoms with Crippen molar-refractivity contribution in [1.29, 1.82) is 0 Å². The van der Waals surface area contributed by atoms with Gasteiger partial charge in [-0.05, 0) is 25.7 Å². The Balaban J connectivity index is 1.72. The van der Waals surface area contributed by atoms with E-state index in [9.17, 15) is 4.79 Å². The summed E-state index contributed by atoms with van der Waals surface area (Å²) < 4.78 is 16.3. The average Bonchev–Trinajstić information content (AvgIpc) is 3.03. The van der Waals surface area contributed by atoms with Crippen molar-refractivity contribution in [2.24, 2.45) is 5.41 Å². The quantitative estimate of drug-likeness (QED) is 0.485. The van der Waals surface area contributed by atoms with Crippen molar-refractivity contribution in [3.63, 3.8) is 0 Å². The number of carbonyl (C=O) groups excluding carboxylic acids is 1. The van der Waals surface area contributed by atoms with Crippen molar-refractivity contribution in [2.45, 2.75) is 26.8 Å². The van der Waals surface area contributed by atoms with Crippen molar-refractivity contribution in [3.05, 3.63) is 28.4 Å². The van der Waals surface area contributed by atoms with E-state index >= 15 is 0 Å². The van der Waals surface area contributed by atoms with E-state index < -0.39 is 0 Å². The minimum absolute atomic E-state index is 0.0679. The van der Waals surface area contributed by atoms with Gasteiger partial charge in [-0.15, -0.1) is 0 Å². The second kappa shape index (κ2) is 10.5. The van der Waals surface area contributed by atoms with Crippen LogP contribution in [0, 0.1) is 5.41 Å². The number of amides is 1. The number of fused-ring (bicyclic) bond motifs is 1. The van der Waals surface area contributed by atoms with Crippen molar-refractivity contribution in [2.75, 3.05) is 58.2 Å². The Morgan fingerprint density at radius 2 is 2.00 bits per heavy atom. The Bertz CT molecular complexity index is 1000. The molecule has 3 rings (SSSR count). The summed E-state index contributed by atoms with van der Waals surface area (Å²) in [5, 5.41) is 0.380. The Kier molecular flexibility index (Phi) is 7.93. The Morgan fingerprint density at radius 3 is 2.67 bits per heavy atom. The van der Waals surface area contributed by atoms with Gasteiger partial charge in [0.2, 0.25) is 11.8 Å².